The highest BCUT2D eigenvalue weighted by Crippen LogP contribution is 2.29. The van der Waals surface area contributed by atoms with E-state index in [9.17, 15) is 0 Å². The van der Waals surface area contributed by atoms with Gasteiger partial charge < -0.3 is 10.1 Å². The first-order valence-corrected chi connectivity index (χ1v) is 7.04. The molecule has 0 fully saturated rings. The van der Waals surface area contributed by atoms with Gasteiger partial charge in [-0.2, -0.15) is 0 Å². The zero-order valence-corrected chi connectivity index (χ0v) is 12.7. The van der Waals surface area contributed by atoms with E-state index in [0.717, 1.165) is 27.5 Å². The molecule has 4 heteroatoms. The number of ether oxygens (including phenoxy) is 1. The van der Waals surface area contributed by atoms with Gasteiger partial charge in [0.2, 0.25) is 0 Å². The maximum absolute atomic E-state index is 6.36. The van der Waals surface area contributed by atoms with E-state index >= 15 is 0 Å². The van der Waals surface area contributed by atoms with Crippen LogP contribution in [0.25, 0.3) is 0 Å². The van der Waals surface area contributed by atoms with Gasteiger partial charge in [-0.05, 0) is 49.7 Å². The molecule has 106 valence electrons. The normalized spacial score (nSPS) is 12.2. The lowest BCUT2D eigenvalue weighted by molar-refractivity contribution is 0.338. The second-order valence-electron chi connectivity index (χ2n) is 4.63. The number of hydrogen-bond acceptors (Lipinski definition) is 3. The Morgan fingerprint density at radius 1 is 1.30 bits per heavy atom. The number of rotatable bonds is 5. The van der Waals surface area contributed by atoms with Crippen LogP contribution in [0, 0.1) is 6.92 Å². The zero-order chi connectivity index (χ0) is 14.5. The van der Waals surface area contributed by atoms with E-state index in [4.69, 9.17) is 16.3 Å². The predicted octanol–water partition coefficient (Wildman–Crippen LogP) is 3.75. The highest BCUT2D eigenvalue weighted by atomic mass is 35.5. The smallest absolute Gasteiger partial charge is 0.137 e. The summed E-state index contributed by atoms with van der Waals surface area (Å²) in [6.07, 6.45) is 3.55. The Hall–Kier alpha value is -1.58. The Kier molecular flexibility index (Phi) is 4.99. The Morgan fingerprint density at radius 2 is 2.10 bits per heavy atom. The largest absolute Gasteiger partial charge is 0.492 e. The maximum atomic E-state index is 6.36. The average molecular weight is 291 g/mol. The van der Waals surface area contributed by atoms with Crippen LogP contribution in [0.4, 0.5) is 0 Å². The molecule has 1 N–H and O–H groups in total. The van der Waals surface area contributed by atoms with Gasteiger partial charge in [0.15, 0.2) is 0 Å². The molecule has 0 radical (unpaired) electrons. The quantitative estimate of drug-likeness (QED) is 0.910. The number of benzene rings is 1. The van der Waals surface area contributed by atoms with Gasteiger partial charge in [-0.3, -0.25) is 4.98 Å². The molecule has 2 rings (SSSR count). The summed E-state index contributed by atoms with van der Waals surface area (Å²) in [5, 5.41) is 4.04. The third-order valence-corrected chi connectivity index (χ3v) is 3.46. The van der Waals surface area contributed by atoms with Crippen molar-refractivity contribution in [3.8, 4) is 5.75 Å². The highest BCUT2D eigenvalue weighted by Gasteiger charge is 2.16. The third-order valence-electron chi connectivity index (χ3n) is 3.13. The summed E-state index contributed by atoms with van der Waals surface area (Å²) in [5.74, 6) is 0.772. The minimum absolute atomic E-state index is 0.00370. The number of aromatic nitrogens is 1. The number of aryl methyl sites for hydroxylation is 1. The summed E-state index contributed by atoms with van der Waals surface area (Å²) < 4.78 is 5.50. The lowest BCUT2D eigenvalue weighted by Crippen LogP contribution is -2.18. The van der Waals surface area contributed by atoms with Crippen molar-refractivity contribution < 1.29 is 4.74 Å². The molecule has 0 amide bonds. The van der Waals surface area contributed by atoms with Crippen LogP contribution in [-0.4, -0.2) is 18.6 Å². The molecule has 2 aromatic rings. The van der Waals surface area contributed by atoms with Gasteiger partial charge >= 0.3 is 0 Å². The maximum Gasteiger partial charge on any atom is 0.137 e. The van der Waals surface area contributed by atoms with Crippen molar-refractivity contribution in [1.29, 1.82) is 0 Å². The number of hydrogen-bond donors (Lipinski definition) is 1. The minimum atomic E-state index is -0.00370. The van der Waals surface area contributed by atoms with Gasteiger partial charge in [0, 0.05) is 11.2 Å². The first kappa shape index (κ1) is 14.8. The van der Waals surface area contributed by atoms with Gasteiger partial charge in [0.25, 0.3) is 0 Å². The monoisotopic (exact) mass is 290 g/mol. The molecule has 0 saturated heterocycles. The van der Waals surface area contributed by atoms with E-state index in [0.29, 0.717) is 6.61 Å². The van der Waals surface area contributed by atoms with Gasteiger partial charge in [-0.1, -0.05) is 23.7 Å². The molecule has 3 nitrogen and oxygen atoms in total. The van der Waals surface area contributed by atoms with Gasteiger partial charge in [-0.15, -0.1) is 0 Å². The number of halogens is 1. The van der Waals surface area contributed by atoms with Crippen molar-refractivity contribution in [3.05, 3.63) is 58.4 Å². The van der Waals surface area contributed by atoms with Crippen molar-refractivity contribution in [2.75, 3.05) is 13.7 Å². The fourth-order valence-electron chi connectivity index (χ4n) is 2.21. The Morgan fingerprint density at radius 3 is 2.75 bits per heavy atom. The molecule has 0 spiro atoms. The van der Waals surface area contributed by atoms with Crippen LogP contribution >= 0.6 is 11.6 Å². The Bertz CT molecular complexity index is 586. The summed E-state index contributed by atoms with van der Waals surface area (Å²) in [4.78, 5) is 4.24. The minimum Gasteiger partial charge on any atom is -0.492 e. The molecule has 1 aromatic heterocycles. The molecule has 0 bridgehead atoms. The summed E-state index contributed by atoms with van der Waals surface area (Å²) in [7, 11) is 1.91. The number of pyridine rings is 1. The highest BCUT2D eigenvalue weighted by molar-refractivity contribution is 6.31. The second-order valence-corrected chi connectivity index (χ2v) is 5.04. The van der Waals surface area contributed by atoms with E-state index in [-0.39, 0.29) is 6.04 Å². The number of nitrogens with one attached hydrogen (secondary N) is 1. The van der Waals surface area contributed by atoms with Gasteiger partial charge in [0.05, 0.1) is 18.8 Å². The van der Waals surface area contributed by atoms with E-state index in [2.05, 4.69) is 16.4 Å². The Balaban J connectivity index is 2.38. The van der Waals surface area contributed by atoms with Crippen molar-refractivity contribution in [3.63, 3.8) is 0 Å². The molecular formula is C16H19ClN2O. The molecule has 1 unspecified atom stereocenters. The van der Waals surface area contributed by atoms with Crippen LogP contribution in [-0.2, 0) is 0 Å². The summed E-state index contributed by atoms with van der Waals surface area (Å²) in [5.41, 5.74) is 3.22. The van der Waals surface area contributed by atoms with Crippen LogP contribution < -0.4 is 10.1 Å². The topological polar surface area (TPSA) is 34.1 Å². The standard InChI is InChI=1S/C16H19ClN2O/c1-4-20-13-8-12(9-19-10-13)16(18-3)14-6-5-11(2)7-15(14)17/h5-10,16,18H,4H2,1-3H3. The van der Waals surface area contributed by atoms with Crippen molar-refractivity contribution >= 4 is 11.6 Å². The SMILES string of the molecule is CCOc1cncc(C(NC)c2ccc(C)cc2Cl)c1. The van der Waals surface area contributed by atoms with Crippen LogP contribution in [0.3, 0.4) is 0 Å². The van der Waals surface area contributed by atoms with Crippen LogP contribution in [0.5, 0.6) is 5.75 Å². The van der Waals surface area contributed by atoms with Gasteiger partial charge in [0.1, 0.15) is 5.75 Å². The first-order chi connectivity index (χ1) is 9.65. The lowest BCUT2D eigenvalue weighted by Gasteiger charge is -2.19. The molecule has 1 heterocycles. The van der Waals surface area contributed by atoms with E-state index in [1.807, 2.05) is 45.3 Å². The molecule has 20 heavy (non-hydrogen) atoms. The molecule has 0 aliphatic rings. The van der Waals surface area contributed by atoms with Crippen molar-refractivity contribution in [2.24, 2.45) is 0 Å². The Labute approximate surface area is 124 Å². The zero-order valence-electron chi connectivity index (χ0n) is 12.0. The average Bonchev–Trinajstić information content (AvgIpc) is 2.43. The van der Waals surface area contributed by atoms with Crippen LogP contribution in [0.2, 0.25) is 5.02 Å². The predicted molar refractivity (Wildman–Crippen MR) is 82.5 cm³/mol. The van der Waals surface area contributed by atoms with E-state index < -0.39 is 0 Å². The number of nitrogens with zero attached hydrogens (tertiary/aromatic N) is 1. The second kappa shape index (κ2) is 6.73. The molecule has 0 aliphatic heterocycles. The van der Waals surface area contributed by atoms with E-state index in [1.54, 1.807) is 6.20 Å². The van der Waals surface area contributed by atoms with Crippen LogP contribution in [0.15, 0.2) is 36.7 Å². The lowest BCUT2D eigenvalue weighted by atomic mass is 9.99. The van der Waals surface area contributed by atoms with Crippen molar-refractivity contribution in [1.82, 2.24) is 10.3 Å². The molecule has 1 atom stereocenters. The molecule has 0 aliphatic carbocycles. The molecule has 1 aromatic carbocycles. The molecule has 0 saturated carbocycles. The molecular weight excluding hydrogens is 272 g/mol. The third kappa shape index (κ3) is 3.30. The van der Waals surface area contributed by atoms with E-state index in [1.165, 1.54) is 0 Å². The summed E-state index contributed by atoms with van der Waals surface area (Å²) >= 11 is 6.36. The fraction of sp³-hybridized carbons (Fsp3) is 0.312. The summed E-state index contributed by atoms with van der Waals surface area (Å²) in [6, 6.07) is 8.07. The summed E-state index contributed by atoms with van der Waals surface area (Å²) in [6.45, 7) is 4.61. The van der Waals surface area contributed by atoms with Crippen molar-refractivity contribution in [2.45, 2.75) is 19.9 Å². The first-order valence-electron chi connectivity index (χ1n) is 6.66. The van der Waals surface area contributed by atoms with Crippen LogP contribution in [0.1, 0.15) is 29.7 Å². The fourth-order valence-corrected chi connectivity index (χ4v) is 2.55. The van der Waals surface area contributed by atoms with Gasteiger partial charge in [-0.25, -0.2) is 0 Å².